The summed E-state index contributed by atoms with van der Waals surface area (Å²) in [4.78, 5) is 10.1. The predicted molar refractivity (Wildman–Crippen MR) is 39.8 cm³/mol. The first-order chi connectivity index (χ1) is 5.18. The second kappa shape index (κ2) is 2.92. The number of hydrogen-bond donors (Lipinski definition) is 3. The number of carbonyl (C=O) groups is 1. The zero-order valence-electron chi connectivity index (χ0n) is 5.61. The quantitative estimate of drug-likeness (QED) is 0.535. The lowest BCUT2D eigenvalue weighted by atomic mass is 10.3. The minimum absolute atomic E-state index is 0.112. The van der Waals surface area contributed by atoms with E-state index in [1.54, 1.807) is 0 Å². The largest absolute Gasteiger partial charge is 0.508 e. The van der Waals surface area contributed by atoms with E-state index in [1.165, 1.54) is 24.3 Å². The van der Waals surface area contributed by atoms with E-state index in [0.717, 1.165) is 0 Å². The number of nitrogens with one attached hydrogen (secondary N) is 1. The van der Waals surface area contributed by atoms with Crippen LogP contribution in [-0.4, -0.2) is 16.3 Å². The van der Waals surface area contributed by atoms with Gasteiger partial charge < -0.3 is 10.2 Å². The third-order valence-corrected chi connectivity index (χ3v) is 1.12. The summed E-state index contributed by atoms with van der Waals surface area (Å²) < 4.78 is 0. The lowest BCUT2D eigenvalue weighted by Gasteiger charge is -1.98. The van der Waals surface area contributed by atoms with Crippen LogP contribution in [-0.2, 0) is 0 Å². The van der Waals surface area contributed by atoms with Crippen LogP contribution in [0.25, 0.3) is 0 Å². The summed E-state index contributed by atoms with van der Waals surface area (Å²) in [6.07, 6.45) is -1.12. The van der Waals surface area contributed by atoms with E-state index in [4.69, 9.17) is 10.2 Å². The number of amides is 1. The molecule has 0 aromatic heterocycles. The third kappa shape index (κ3) is 2.17. The maximum absolute atomic E-state index is 10.1. The Balaban J connectivity index is 2.74. The first kappa shape index (κ1) is 7.40. The number of benzene rings is 1. The van der Waals surface area contributed by atoms with E-state index in [9.17, 15) is 4.79 Å². The minimum atomic E-state index is -1.12. The van der Waals surface area contributed by atoms with Gasteiger partial charge in [0, 0.05) is 5.69 Å². The van der Waals surface area contributed by atoms with Crippen molar-refractivity contribution in [3.05, 3.63) is 24.3 Å². The monoisotopic (exact) mass is 153 g/mol. The fourth-order valence-corrected chi connectivity index (χ4v) is 0.668. The van der Waals surface area contributed by atoms with Crippen LogP contribution in [0, 0.1) is 0 Å². The topological polar surface area (TPSA) is 69.6 Å². The van der Waals surface area contributed by atoms with Gasteiger partial charge in [0.05, 0.1) is 0 Å². The Morgan fingerprint density at radius 1 is 1.27 bits per heavy atom. The molecule has 1 rings (SSSR count). The molecule has 0 spiro atoms. The summed E-state index contributed by atoms with van der Waals surface area (Å²) in [5, 5.41) is 19.2. The van der Waals surface area contributed by atoms with E-state index in [-0.39, 0.29) is 5.75 Å². The summed E-state index contributed by atoms with van der Waals surface area (Å²) in [7, 11) is 0. The number of aromatic hydroxyl groups is 1. The van der Waals surface area contributed by atoms with Gasteiger partial charge in [0.2, 0.25) is 0 Å². The molecule has 4 nitrogen and oxygen atoms in total. The Morgan fingerprint density at radius 2 is 1.82 bits per heavy atom. The van der Waals surface area contributed by atoms with Gasteiger partial charge in [-0.15, -0.1) is 0 Å². The number of carboxylic acid groups (broad SMARTS) is 1. The van der Waals surface area contributed by atoms with E-state index < -0.39 is 6.09 Å². The van der Waals surface area contributed by atoms with Crippen molar-refractivity contribution in [2.45, 2.75) is 0 Å². The van der Waals surface area contributed by atoms with E-state index >= 15 is 0 Å². The van der Waals surface area contributed by atoms with Gasteiger partial charge in [0.25, 0.3) is 0 Å². The smallest absolute Gasteiger partial charge is 0.409 e. The van der Waals surface area contributed by atoms with Crippen LogP contribution >= 0.6 is 0 Å². The van der Waals surface area contributed by atoms with Crippen LogP contribution in [0.3, 0.4) is 0 Å². The average Bonchev–Trinajstić information content (AvgIpc) is 1.93. The number of rotatable bonds is 1. The van der Waals surface area contributed by atoms with Crippen LogP contribution in [0.5, 0.6) is 5.75 Å². The summed E-state index contributed by atoms with van der Waals surface area (Å²) in [5.74, 6) is 0.112. The fraction of sp³-hybridized carbons (Fsp3) is 0. The Kier molecular flexibility index (Phi) is 1.96. The van der Waals surface area contributed by atoms with Crippen molar-refractivity contribution in [2.24, 2.45) is 0 Å². The summed E-state index contributed by atoms with van der Waals surface area (Å²) in [6.45, 7) is 0. The molecule has 0 bridgehead atoms. The van der Waals surface area contributed by atoms with Gasteiger partial charge in [0.15, 0.2) is 0 Å². The van der Waals surface area contributed by atoms with Gasteiger partial charge in [-0.1, -0.05) is 0 Å². The van der Waals surface area contributed by atoms with E-state index in [0.29, 0.717) is 5.69 Å². The van der Waals surface area contributed by atoms with Crippen LogP contribution in [0.1, 0.15) is 0 Å². The van der Waals surface area contributed by atoms with Gasteiger partial charge in [-0.2, -0.15) is 0 Å². The van der Waals surface area contributed by atoms with Crippen LogP contribution < -0.4 is 5.32 Å². The number of anilines is 1. The van der Waals surface area contributed by atoms with Gasteiger partial charge in [-0.05, 0) is 24.3 Å². The van der Waals surface area contributed by atoms with Crippen molar-refractivity contribution in [1.82, 2.24) is 0 Å². The predicted octanol–water partition coefficient (Wildman–Crippen LogP) is 1.48. The average molecular weight is 153 g/mol. The number of hydrogen-bond acceptors (Lipinski definition) is 2. The highest BCUT2D eigenvalue weighted by Gasteiger charge is 1.95. The standard InChI is InChI=1S/C7H7NO3/c9-6-3-1-5(2-4-6)8-7(10)11/h1-4,8-9H,(H,10,11). The summed E-state index contributed by atoms with van der Waals surface area (Å²) in [5.41, 5.74) is 0.440. The zero-order valence-corrected chi connectivity index (χ0v) is 5.61. The van der Waals surface area contributed by atoms with Crippen LogP contribution in [0.15, 0.2) is 24.3 Å². The van der Waals surface area contributed by atoms with Crippen molar-refractivity contribution in [2.75, 3.05) is 5.32 Å². The van der Waals surface area contributed by atoms with Crippen LogP contribution in [0.4, 0.5) is 10.5 Å². The molecule has 4 heteroatoms. The lowest BCUT2D eigenvalue weighted by Crippen LogP contribution is -2.06. The summed E-state index contributed by atoms with van der Waals surface area (Å²) >= 11 is 0. The highest BCUT2D eigenvalue weighted by atomic mass is 16.4. The van der Waals surface area contributed by atoms with Gasteiger partial charge in [-0.25, -0.2) is 4.79 Å². The fourth-order valence-electron chi connectivity index (χ4n) is 0.668. The van der Waals surface area contributed by atoms with Crippen molar-refractivity contribution in [1.29, 1.82) is 0 Å². The number of phenols is 1. The molecule has 0 atom stereocenters. The molecule has 0 unspecified atom stereocenters. The molecule has 0 fully saturated rings. The molecular formula is C7H7NO3. The Bertz CT molecular complexity index is 255. The molecule has 1 aromatic rings. The van der Waals surface area contributed by atoms with Gasteiger partial charge in [-0.3, -0.25) is 5.32 Å². The number of phenolic OH excluding ortho intramolecular Hbond substituents is 1. The third-order valence-electron chi connectivity index (χ3n) is 1.12. The second-order valence-electron chi connectivity index (χ2n) is 1.98. The van der Waals surface area contributed by atoms with Gasteiger partial charge >= 0.3 is 6.09 Å². The maximum atomic E-state index is 10.1. The zero-order chi connectivity index (χ0) is 8.27. The first-order valence-electron chi connectivity index (χ1n) is 2.97. The van der Waals surface area contributed by atoms with Crippen molar-refractivity contribution < 1.29 is 15.0 Å². The van der Waals surface area contributed by atoms with Gasteiger partial charge in [0.1, 0.15) is 5.75 Å². The molecule has 0 saturated heterocycles. The van der Waals surface area contributed by atoms with Crippen molar-refractivity contribution in [3.8, 4) is 5.75 Å². The van der Waals surface area contributed by atoms with E-state index in [1.807, 2.05) is 0 Å². The Hall–Kier alpha value is -1.71. The molecule has 0 aliphatic rings. The normalized spacial score (nSPS) is 9.09. The molecule has 1 amide bonds. The highest BCUT2D eigenvalue weighted by molar-refractivity contribution is 5.82. The molecule has 0 heterocycles. The SMILES string of the molecule is O=C(O)Nc1ccc(O)cc1. The Labute approximate surface area is 63.1 Å². The molecule has 0 saturated carbocycles. The van der Waals surface area contributed by atoms with Crippen molar-refractivity contribution in [3.63, 3.8) is 0 Å². The lowest BCUT2D eigenvalue weighted by molar-refractivity contribution is 0.209. The first-order valence-corrected chi connectivity index (χ1v) is 2.97. The molecule has 0 aliphatic heterocycles. The van der Waals surface area contributed by atoms with Crippen LogP contribution in [0.2, 0.25) is 0 Å². The minimum Gasteiger partial charge on any atom is -0.508 e. The molecule has 0 radical (unpaired) electrons. The Morgan fingerprint density at radius 3 is 2.27 bits per heavy atom. The van der Waals surface area contributed by atoms with E-state index in [2.05, 4.69) is 5.32 Å². The second-order valence-corrected chi connectivity index (χ2v) is 1.98. The molecule has 58 valence electrons. The molecule has 3 N–H and O–H groups in total. The molecule has 1 aromatic carbocycles. The molecular weight excluding hydrogens is 146 g/mol. The van der Waals surface area contributed by atoms with Crippen molar-refractivity contribution >= 4 is 11.8 Å². The molecule has 0 aliphatic carbocycles. The maximum Gasteiger partial charge on any atom is 0.409 e. The molecule has 11 heavy (non-hydrogen) atoms. The highest BCUT2D eigenvalue weighted by Crippen LogP contribution is 2.13. The summed E-state index contributed by atoms with van der Waals surface area (Å²) in [6, 6.07) is 5.77.